The van der Waals surface area contributed by atoms with E-state index >= 15 is 0 Å². The number of carbonyl (C=O) groups is 1. The highest BCUT2D eigenvalue weighted by molar-refractivity contribution is 5.95. The highest BCUT2D eigenvalue weighted by Gasteiger charge is 2.27. The number of halogens is 1. The number of likely N-dealkylation sites (tertiary alicyclic amines) is 1. The summed E-state index contributed by atoms with van der Waals surface area (Å²) in [6.07, 6.45) is 1.77. The zero-order chi connectivity index (χ0) is 21.9. The van der Waals surface area contributed by atoms with Crippen LogP contribution in [0.5, 0.6) is 0 Å². The highest BCUT2D eigenvalue weighted by Crippen LogP contribution is 2.23. The smallest absolute Gasteiger partial charge is 0.241 e. The van der Waals surface area contributed by atoms with Crippen LogP contribution in [0.4, 0.5) is 10.1 Å². The number of hydrogen-bond acceptors (Lipinski definition) is 5. The van der Waals surface area contributed by atoms with Crippen LogP contribution in [-0.2, 0) is 11.3 Å². The third-order valence-corrected chi connectivity index (χ3v) is 5.82. The van der Waals surface area contributed by atoms with Crippen molar-refractivity contribution in [1.29, 1.82) is 0 Å². The Hall–Kier alpha value is -3.58. The molecule has 0 spiro atoms. The molecule has 1 N–H and O–H groups in total. The van der Waals surface area contributed by atoms with E-state index in [1.165, 1.54) is 12.1 Å². The van der Waals surface area contributed by atoms with Gasteiger partial charge in [0.25, 0.3) is 0 Å². The fourth-order valence-electron chi connectivity index (χ4n) is 4.15. The van der Waals surface area contributed by atoms with Crippen molar-refractivity contribution in [3.8, 4) is 11.4 Å². The number of fused-ring (bicyclic) bond motifs is 1. The molecule has 3 aromatic carbocycles. The summed E-state index contributed by atoms with van der Waals surface area (Å²) in [5.41, 5.74) is 1.51. The predicted octanol–water partition coefficient (Wildman–Crippen LogP) is 4.88. The fourth-order valence-corrected chi connectivity index (χ4v) is 4.15. The Morgan fingerprint density at radius 3 is 2.75 bits per heavy atom. The standard InChI is InChI=1S/C25H23FN4O2/c26-21-10-7-18(8-11-21)24-28-23(32-29-24)16-30-13-3-6-20(15-30)25(31)27-22-12-9-17-4-1-2-5-19(17)14-22/h1-2,4-5,7-12,14,20H,3,6,13,15-16H2,(H,27,31). The van der Waals surface area contributed by atoms with E-state index in [4.69, 9.17) is 4.52 Å². The minimum Gasteiger partial charge on any atom is -0.338 e. The Bertz CT molecular complexity index is 1240. The summed E-state index contributed by atoms with van der Waals surface area (Å²) < 4.78 is 18.5. The summed E-state index contributed by atoms with van der Waals surface area (Å²) >= 11 is 0. The summed E-state index contributed by atoms with van der Waals surface area (Å²) in [4.78, 5) is 19.5. The fraction of sp³-hybridized carbons (Fsp3) is 0.240. The predicted molar refractivity (Wildman–Crippen MR) is 120 cm³/mol. The van der Waals surface area contributed by atoms with Gasteiger partial charge in [-0.05, 0) is 66.6 Å². The molecule has 1 aliphatic rings. The molecule has 4 aromatic rings. The second-order valence-electron chi connectivity index (χ2n) is 8.14. The Balaban J connectivity index is 1.21. The van der Waals surface area contributed by atoms with Crippen molar-refractivity contribution in [3.05, 3.63) is 78.4 Å². The average Bonchev–Trinajstić information content (AvgIpc) is 3.28. The lowest BCUT2D eigenvalue weighted by Gasteiger charge is -2.30. The summed E-state index contributed by atoms with van der Waals surface area (Å²) in [5.74, 6) is 0.540. The molecule has 2 heterocycles. The molecule has 7 heteroatoms. The van der Waals surface area contributed by atoms with Gasteiger partial charge in [0, 0.05) is 17.8 Å². The monoisotopic (exact) mass is 430 g/mol. The summed E-state index contributed by atoms with van der Waals surface area (Å²) in [5, 5.41) is 9.32. The second-order valence-corrected chi connectivity index (χ2v) is 8.14. The Labute approximate surface area is 185 Å². The summed E-state index contributed by atoms with van der Waals surface area (Å²) in [6, 6.07) is 20.0. The molecule has 6 nitrogen and oxygen atoms in total. The van der Waals surface area contributed by atoms with Crippen molar-refractivity contribution in [3.63, 3.8) is 0 Å². The van der Waals surface area contributed by atoms with Crippen molar-refractivity contribution >= 4 is 22.4 Å². The van der Waals surface area contributed by atoms with E-state index in [0.717, 1.165) is 35.8 Å². The van der Waals surface area contributed by atoms with E-state index in [1.807, 2.05) is 36.4 Å². The maximum absolute atomic E-state index is 13.1. The first-order chi connectivity index (χ1) is 15.6. The van der Waals surface area contributed by atoms with Crippen LogP contribution >= 0.6 is 0 Å². The lowest BCUT2D eigenvalue weighted by atomic mass is 9.97. The maximum atomic E-state index is 13.1. The molecule has 1 aromatic heterocycles. The van der Waals surface area contributed by atoms with Crippen LogP contribution in [0.15, 0.2) is 71.3 Å². The van der Waals surface area contributed by atoms with Crippen molar-refractivity contribution in [1.82, 2.24) is 15.0 Å². The normalized spacial score (nSPS) is 16.8. The van der Waals surface area contributed by atoms with E-state index < -0.39 is 0 Å². The van der Waals surface area contributed by atoms with Crippen molar-refractivity contribution in [2.24, 2.45) is 5.92 Å². The van der Waals surface area contributed by atoms with E-state index in [-0.39, 0.29) is 17.6 Å². The first kappa shape index (κ1) is 20.3. The molecule has 1 aliphatic heterocycles. The SMILES string of the molecule is O=C(Nc1ccc2ccccc2c1)C1CCCN(Cc2nc(-c3ccc(F)cc3)no2)C1. The lowest BCUT2D eigenvalue weighted by molar-refractivity contribution is -0.121. The minimum atomic E-state index is -0.307. The van der Waals surface area contributed by atoms with E-state index in [2.05, 4.69) is 26.4 Å². The molecule has 1 saturated heterocycles. The van der Waals surface area contributed by atoms with Crippen LogP contribution in [0.2, 0.25) is 0 Å². The molecular weight excluding hydrogens is 407 g/mol. The number of anilines is 1. The number of hydrogen-bond donors (Lipinski definition) is 1. The van der Waals surface area contributed by atoms with Crippen LogP contribution in [0, 0.1) is 11.7 Å². The van der Waals surface area contributed by atoms with Crippen LogP contribution < -0.4 is 5.32 Å². The Morgan fingerprint density at radius 2 is 1.91 bits per heavy atom. The van der Waals surface area contributed by atoms with Gasteiger partial charge in [0.05, 0.1) is 12.5 Å². The van der Waals surface area contributed by atoms with Crippen molar-refractivity contribution < 1.29 is 13.7 Å². The van der Waals surface area contributed by atoms with Crippen molar-refractivity contribution in [2.75, 3.05) is 18.4 Å². The van der Waals surface area contributed by atoms with Crippen LogP contribution in [0.3, 0.4) is 0 Å². The highest BCUT2D eigenvalue weighted by atomic mass is 19.1. The van der Waals surface area contributed by atoms with Gasteiger partial charge in [0.2, 0.25) is 17.6 Å². The lowest BCUT2D eigenvalue weighted by Crippen LogP contribution is -2.40. The van der Waals surface area contributed by atoms with Crippen LogP contribution in [-0.4, -0.2) is 34.0 Å². The van der Waals surface area contributed by atoms with Gasteiger partial charge in [0.1, 0.15) is 5.82 Å². The quantitative estimate of drug-likeness (QED) is 0.489. The third-order valence-electron chi connectivity index (χ3n) is 5.82. The number of amides is 1. The topological polar surface area (TPSA) is 71.3 Å². The zero-order valence-electron chi connectivity index (χ0n) is 17.5. The minimum absolute atomic E-state index is 0.0301. The van der Waals surface area contributed by atoms with Gasteiger partial charge in [-0.3, -0.25) is 9.69 Å². The van der Waals surface area contributed by atoms with Gasteiger partial charge in [-0.2, -0.15) is 4.98 Å². The van der Waals surface area contributed by atoms with Gasteiger partial charge in [-0.1, -0.05) is 35.5 Å². The van der Waals surface area contributed by atoms with Gasteiger partial charge in [-0.15, -0.1) is 0 Å². The molecule has 0 radical (unpaired) electrons. The molecule has 162 valence electrons. The number of nitrogens with one attached hydrogen (secondary N) is 1. The van der Waals surface area contributed by atoms with Gasteiger partial charge in [0.15, 0.2) is 0 Å². The molecule has 0 aliphatic carbocycles. The molecule has 1 fully saturated rings. The number of carbonyl (C=O) groups excluding carboxylic acids is 1. The van der Waals surface area contributed by atoms with Gasteiger partial charge < -0.3 is 9.84 Å². The van der Waals surface area contributed by atoms with Crippen LogP contribution in [0.1, 0.15) is 18.7 Å². The number of piperidine rings is 1. The first-order valence-electron chi connectivity index (χ1n) is 10.7. The number of benzene rings is 3. The second kappa shape index (κ2) is 8.88. The van der Waals surface area contributed by atoms with Gasteiger partial charge in [-0.25, -0.2) is 4.39 Å². The van der Waals surface area contributed by atoms with Crippen LogP contribution in [0.25, 0.3) is 22.2 Å². The molecular formula is C25H23FN4O2. The third kappa shape index (κ3) is 4.53. The summed E-state index contributed by atoms with van der Waals surface area (Å²) in [7, 11) is 0. The molecule has 0 bridgehead atoms. The van der Waals surface area contributed by atoms with Crippen molar-refractivity contribution in [2.45, 2.75) is 19.4 Å². The summed E-state index contributed by atoms with van der Waals surface area (Å²) in [6.45, 7) is 1.98. The number of aromatic nitrogens is 2. The van der Waals surface area contributed by atoms with E-state index in [1.54, 1.807) is 12.1 Å². The zero-order valence-corrected chi connectivity index (χ0v) is 17.5. The Morgan fingerprint density at radius 1 is 1.09 bits per heavy atom. The molecule has 32 heavy (non-hydrogen) atoms. The number of nitrogens with zero attached hydrogens (tertiary/aromatic N) is 3. The first-order valence-corrected chi connectivity index (χ1v) is 10.7. The molecule has 0 saturated carbocycles. The largest absolute Gasteiger partial charge is 0.338 e. The van der Waals surface area contributed by atoms with E-state index in [9.17, 15) is 9.18 Å². The maximum Gasteiger partial charge on any atom is 0.241 e. The number of rotatable bonds is 5. The Kier molecular flexibility index (Phi) is 5.64. The van der Waals surface area contributed by atoms with Gasteiger partial charge >= 0.3 is 0 Å². The molecule has 5 rings (SSSR count). The molecule has 1 atom stereocenters. The molecule has 1 amide bonds. The van der Waals surface area contributed by atoms with E-state index in [0.29, 0.717) is 30.4 Å². The average molecular weight is 430 g/mol. The molecule has 1 unspecified atom stereocenters.